The van der Waals surface area contributed by atoms with Crippen molar-refractivity contribution in [2.75, 3.05) is 4.90 Å². The van der Waals surface area contributed by atoms with Gasteiger partial charge in [-0.1, -0.05) is 42.5 Å². The summed E-state index contributed by atoms with van der Waals surface area (Å²) in [6, 6.07) is 20.5. The van der Waals surface area contributed by atoms with Gasteiger partial charge < -0.3 is 9.47 Å². The van der Waals surface area contributed by atoms with E-state index in [9.17, 15) is 17.6 Å². The third-order valence-corrected chi connectivity index (χ3v) is 9.45. The molecule has 206 valence electrons. The molecular formula is C31H31FN4O3S. The van der Waals surface area contributed by atoms with E-state index in [0.717, 1.165) is 47.8 Å². The lowest BCUT2D eigenvalue weighted by molar-refractivity contribution is -0.120. The van der Waals surface area contributed by atoms with Crippen LogP contribution in [0.25, 0.3) is 0 Å². The highest BCUT2D eigenvalue weighted by Gasteiger charge is 2.46. The van der Waals surface area contributed by atoms with E-state index in [1.54, 1.807) is 11.1 Å². The maximum absolute atomic E-state index is 14.0. The third kappa shape index (κ3) is 5.31. The lowest BCUT2D eigenvalue weighted by Gasteiger charge is -2.29. The van der Waals surface area contributed by atoms with Crippen molar-refractivity contribution in [1.29, 1.82) is 0 Å². The zero-order valence-electron chi connectivity index (χ0n) is 22.2. The second kappa shape index (κ2) is 10.6. The number of carbonyl (C=O) groups excluding carboxylic acids is 1. The van der Waals surface area contributed by atoms with Gasteiger partial charge in [0.25, 0.3) is 0 Å². The van der Waals surface area contributed by atoms with E-state index in [1.807, 2.05) is 54.2 Å². The number of amides is 1. The normalized spacial score (nSPS) is 20.1. The highest BCUT2D eigenvalue weighted by molar-refractivity contribution is 7.89. The summed E-state index contributed by atoms with van der Waals surface area (Å²) in [5, 5.41) is 0. The summed E-state index contributed by atoms with van der Waals surface area (Å²) in [6.45, 7) is 0.304. The summed E-state index contributed by atoms with van der Waals surface area (Å²) in [6.07, 6.45) is 6.61. The standard InChI is InChI=1S/C31H31FN4O3S/c1-35-16-15-33-30(35)20-36(31(37)28-19-26(28)21-7-3-2-4-8-21)24-14-13-22-9-5-12-29(27(22)18-24)34-40(38,39)25-11-6-10-23(32)17-25/h2-4,6-8,10-11,13-18,26,28-29,34H,5,9,12,19-20H2,1H3/t26-,28+,29+/m0/s1. The van der Waals surface area contributed by atoms with Crippen molar-refractivity contribution in [1.82, 2.24) is 14.3 Å². The van der Waals surface area contributed by atoms with Gasteiger partial charge in [0.1, 0.15) is 11.6 Å². The highest BCUT2D eigenvalue weighted by Crippen LogP contribution is 2.49. The summed E-state index contributed by atoms with van der Waals surface area (Å²) in [5.74, 6) is 0.240. The van der Waals surface area contributed by atoms with Gasteiger partial charge in [0.05, 0.1) is 11.4 Å². The van der Waals surface area contributed by atoms with Crippen molar-refractivity contribution in [2.24, 2.45) is 13.0 Å². The van der Waals surface area contributed by atoms with Crippen LogP contribution in [0.3, 0.4) is 0 Å². The number of rotatable bonds is 8. The molecule has 0 radical (unpaired) electrons. The van der Waals surface area contributed by atoms with Gasteiger partial charge in [-0.15, -0.1) is 0 Å². The van der Waals surface area contributed by atoms with Crippen molar-refractivity contribution in [3.05, 3.63) is 114 Å². The molecule has 1 N–H and O–H groups in total. The van der Waals surface area contributed by atoms with Gasteiger partial charge in [-0.25, -0.2) is 22.5 Å². The summed E-state index contributed by atoms with van der Waals surface area (Å²) < 4.78 is 44.8. The SMILES string of the molecule is Cn1ccnc1CN(C(=O)[C@@H]1C[C@H]1c1ccccc1)c1ccc2c(c1)[C@H](NS(=O)(=O)c1cccc(F)c1)CCC2. The van der Waals surface area contributed by atoms with Gasteiger partial charge in [-0.05, 0) is 78.6 Å². The summed E-state index contributed by atoms with van der Waals surface area (Å²) in [7, 11) is -2.04. The number of sulfonamides is 1. The second-order valence-electron chi connectivity index (χ2n) is 10.6. The number of aromatic nitrogens is 2. The van der Waals surface area contributed by atoms with E-state index in [1.165, 1.54) is 18.2 Å². The molecule has 1 saturated carbocycles. The largest absolute Gasteiger partial charge is 0.337 e. The van der Waals surface area contributed by atoms with Gasteiger partial charge in [0.2, 0.25) is 15.9 Å². The molecule has 2 aliphatic rings. The van der Waals surface area contributed by atoms with Crippen LogP contribution in [-0.2, 0) is 34.8 Å². The number of imidazole rings is 1. The molecule has 3 aromatic carbocycles. The monoisotopic (exact) mass is 558 g/mol. The van der Waals surface area contributed by atoms with Crippen LogP contribution in [0.4, 0.5) is 10.1 Å². The Balaban J connectivity index is 1.32. The number of anilines is 1. The first-order valence-corrected chi connectivity index (χ1v) is 15.0. The van der Waals surface area contributed by atoms with Crippen molar-refractivity contribution in [3.63, 3.8) is 0 Å². The first kappa shape index (κ1) is 26.4. The molecule has 2 aliphatic carbocycles. The molecular weight excluding hydrogens is 527 g/mol. The number of hydrogen-bond donors (Lipinski definition) is 1. The maximum Gasteiger partial charge on any atom is 0.241 e. The Morgan fingerprint density at radius 1 is 1.10 bits per heavy atom. The molecule has 1 amide bonds. The van der Waals surface area contributed by atoms with Gasteiger partial charge in [0.15, 0.2) is 0 Å². The van der Waals surface area contributed by atoms with Gasteiger partial charge in [-0.3, -0.25) is 4.79 Å². The Morgan fingerprint density at radius 2 is 1.93 bits per heavy atom. The molecule has 1 fully saturated rings. The van der Waals surface area contributed by atoms with Gasteiger partial charge >= 0.3 is 0 Å². The molecule has 0 bridgehead atoms. The lowest BCUT2D eigenvalue weighted by Crippen LogP contribution is -2.34. The molecule has 7 nitrogen and oxygen atoms in total. The fourth-order valence-corrected chi connectivity index (χ4v) is 6.97. The van der Waals surface area contributed by atoms with Gasteiger partial charge in [0, 0.05) is 37.1 Å². The van der Waals surface area contributed by atoms with E-state index in [2.05, 4.69) is 21.8 Å². The minimum atomic E-state index is -3.95. The number of carbonyl (C=O) groups is 1. The molecule has 1 aromatic heterocycles. The smallest absolute Gasteiger partial charge is 0.241 e. The predicted molar refractivity (Wildman–Crippen MR) is 151 cm³/mol. The average molecular weight is 559 g/mol. The summed E-state index contributed by atoms with van der Waals surface area (Å²) >= 11 is 0. The lowest BCUT2D eigenvalue weighted by atomic mass is 9.87. The predicted octanol–water partition coefficient (Wildman–Crippen LogP) is 5.25. The van der Waals surface area contributed by atoms with Crippen LogP contribution in [-0.4, -0.2) is 23.9 Å². The number of nitrogens with one attached hydrogen (secondary N) is 1. The van der Waals surface area contributed by atoms with Crippen molar-refractivity contribution < 1.29 is 17.6 Å². The zero-order chi connectivity index (χ0) is 27.9. The first-order chi connectivity index (χ1) is 19.3. The molecule has 1 heterocycles. The summed E-state index contributed by atoms with van der Waals surface area (Å²) in [5.41, 5.74) is 3.76. The number of fused-ring (bicyclic) bond motifs is 1. The van der Waals surface area contributed by atoms with Crippen LogP contribution < -0.4 is 9.62 Å². The number of halogens is 1. The summed E-state index contributed by atoms with van der Waals surface area (Å²) in [4.78, 5) is 20.1. The van der Waals surface area contributed by atoms with E-state index in [-0.39, 0.29) is 22.6 Å². The molecule has 4 aromatic rings. The number of benzene rings is 3. The van der Waals surface area contributed by atoms with Crippen molar-refractivity contribution in [3.8, 4) is 0 Å². The van der Waals surface area contributed by atoms with Crippen LogP contribution in [0.2, 0.25) is 0 Å². The Labute approximate surface area is 233 Å². The number of nitrogens with zero attached hydrogens (tertiary/aromatic N) is 3. The number of aryl methyl sites for hydroxylation is 2. The Bertz CT molecular complexity index is 1650. The minimum absolute atomic E-state index is 0.0319. The van der Waals surface area contributed by atoms with Gasteiger partial charge in [-0.2, -0.15) is 0 Å². The Kier molecular flexibility index (Phi) is 7.02. The van der Waals surface area contributed by atoms with Crippen molar-refractivity contribution in [2.45, 2.75) is 49.1 Å². The molecule has 0 aliphatic heterocycles. The Hall–Kier alpha value is -3.82. The highest BCUT2D eigenvalue weighted by atomic mass is 32.2. The average Bonchev–Trinajstić information content (AvgIpc) is 3.66. The first-order valence-electron chi connectivity index (χ1n) is 13.5. The van der Waals surface area contributed by atoms with Crippen molar-refractivity contribution >= 4 is 21.6 Å². The molecule has 0 unspecified atom stereocenters. The molecule has 3 atom stereocenters. The molecule has 0 spiro atoms. The topological polar surface area (TPSA) is 84.3 Å². The number of hydrogen-bond acceptors (Lipinski definition) is 4. The van der Waals surface area contributed by atoms with E-state index >= 15 is 0 Å². The quantitative estimate of drug-likeness (QED) is 0.320. The fourth-order valence-electron chi connectivity index (χ4n) is 5.69. The molecule has 0 saturated heterocycles. The molecule has 40 heavy (non-hydrogen) atoms. The minimum Gasteiger partial charge on any atom is -0.337 e. The van der Waals surface area contributed by atoms with Crippen LogP contribution in [0.15, 0.2) is 90.1 Å². The van der Waals surface area contributed by atoms with Crippen LogP contribution in [0.1, 0.15) is 53.7 Å². The van der Waals surface area contributed by atoms with Crippen LogP contribution in [0, 0.1) is 11.7 Å². The Morgan fingerprint density at radius 3 is 2.67 bits per heavy atom. The van der Waals surface area contributed by atoms with Crippen LogP contribution in [0.5, 0.6) is 0 Å². The fraction of sp³-hybridized carbons (Fsp3) is 0.290. The maximum atomic E-state index is 14.0. The molecule has 9 heteroatoms. The van der Waals surface area contributed by atoms with E-state index in [4.69, 9.17) is 0 Å². The van der Waals surface area contributed by atoms with E-state index in [0.29, 0.717) is 18.7 Å². The zero-order valence-corrected chi connectivity index (χ0v) is 23.0. The van der Waals surface area contributed by atoms with E-state index < -0.39 is 21.9 Å². The third-order valence-electron chi connectivity index (χ3n) is 7.98. The molecule has 6 rings (SSSR count). The van der Waals surface area contributed by atoms with Crippen LogP contribution >= 0.6 is 0 Å². The second-order valence-corrected chi connectivity index (χ2v) is 12.4.